The first-order valence-electron chi connectivity index (χ1n) is 10.3. The molecule has 0 aromatic carbocycles. The third kappa shape index (κ3) is 5.69. The van der Waals surface area contributed by atoms with Crippen LogP contribution >= 0.6 is 0 Å². The maximum absolute atomic E-state index is 4.65. The van der Waals surface area contributed by atoms with E-state index in [0.717, 1.165) is 49.9 Å². The quantitative estimate of drug-likeness (QED) is 0.568. The standard InChI is InChI=1S/C21H34N8/c1-16-7-6-8-20(25-16)29-11-9-18(10-12-29)26-21(22-2)23-14-19(27(3)4)17-13-24-28(5)15-17/h6-8,13,15,18-19H,9-12,14H2,1-5H3,(H2,22,23,26). The molecule has 1 atom stereocenters. The van der Waals surface area contributed by atoms with Crippen LogP contribution < -0.4 is 15.5 Å². The molecular formula is C21H34N8. The summed E-state index contributed by atoms with van der Waals surface area (Å²) in [5, 5.41) is 11.4. The maximum atomic E-state index is 4.65. The highest BCUT2D eigenvalue weighted by molar-refractivity contribution is 5.80. The Morgan fingerprint density at radius 1 is 1.31 bits per heavy atom. The Hall–Kier alpha value is -2.61. The zero-order valence-electron chi connectivity index (χ0n) is 18.3. The number of hydrogen-bond acceptors (Lipinski definition) is 5. The van der Waals surface area contributed by atoms with Gasteiger partial charge in [0.1, 0.15) is 5.82 Å². The van der Waals surface area contributed by atoms with E-state index in [1.165, 1.54) is 5.56 Å². The van der Waals surface area contributed by atoms with Crippen molar-refractivity contribution in [2.45, 2.75) is 31.8 Å². The normalized spacial score (nSPS) is 16.9. The molecule has 1 aliphatic heterocycles. The minimum Gasteiger partial charge on any atom is -0.356 e. The van der Waals surface area contributed by atoms with Crippen molar-refractivity contribution < 1.29 is 0 Å². The van der Waals surface area contributed by atoms with Crippen LogP contribution in [0.3, 0.4) is 0 Å². The molecule has 0 aliphatic carbocycles. The van der Waals surface area contributed by atoms with Crippen molar-refractivity contribution >= 4 is 11.8 Å². The van der Waals surface area contributed by atoms with Gasteiger partial charge in [-0.05, 0) is 46.0 Å². The Morgan fingerprint density at radius 3 is 2.66 bits per heavy atom. The Morgan fingerprint density at radius 2 is 2.07 bits per heavy atom. The molecule has 2 aromatic heterocycles. The predicted octanol–water partition coefficient (Wildman–Crippen LogP) is 1.56. The van der Waals surface area contributed by atoms with E-state index in [1.807, 2.05) is 38.0 Å². The fourth-order valence-corrected chi connectivity index (χ4v) is 3.75. The van der Waals surface area contributed by atoms with Crippen molar-refractivity contribution in [2.75, 3.05) is 45.7 Å². The number of nitrogens with one attached hydrogen (secondary N) is 2. The number of aliphatic imine (C=N–C) groups is 1. The number of hydrogen-bond donors (Lipinski definition) is 2. The molecule has 1 unspecified atom stereocenters. The molecule has 0 spiro atoms. The second kappa shape index (κ2) is 9.73. The largest absolute Gasteiger partial charge is 0.356 e. The van der Waals surface area contributed by atoms with Crippen molar-refractivity contribution in [3.8, 4) is 0 Å². The van der Waals surface area contributed by atoms with Gasteiger partial charge in [0, 0.05) is 57.2 Å². The molecule has 158 valence electrons. The van der Waals surface area contributed by atoms with Crippen LogP contribution in [-0.2, 0) is 7.05 Å². The fraction of sp³-hybridized carbons (Fsp3) is 0.571. The van der Waals surface area contributed by atoms with Crippen LogP contribution in [0, 0.1) is 6.92 Å². The average Bonchev–Trinajstić information content (AvgIpc) is 3.13. The lowest BCUT2D eigenvalue weighted by Crippen LogP contribution is -2.50. The summed E-state index contributed by atoms with van der Waals surface area (Å²) in [7, 11) is 7.95. The number of nitrogens with zero attached hydrogens (tertiary/aromatic N) is 6. The van der Waals surface area contributed by atoms with E-state index in [2.05, 4.69) is 67.9 Å². The topological polar surface area (TPSA) is 73.6 Å². The van der Waals surface area contributed by atoms with E-state index in [4.69, 9.17) is 0 Å². The first-order chi connectivity index (χ1) is 14.0. The monoisotopic (exact) mass is 398 g/mol. The summed E-state index contributed by atoms with van der Waals surface area (Å²) in [5.74, 6) is 1.93. The molecular weight excluding hydrogens is 364 g/mol. The third-order valence-electron chi connectivity index (χ3n) is 5.45. The first-order valence-corrected chi connectivity index (χ1v) is 10.3. The molecule has 2 aromatic rings. The summed E-state index contributed by atoms with van der Waals surface area (Å²) in [6.45, 7) is 4.81. The van der Waals surface area contributed by atoms with E-state index in [1.54, 1.807) is 0 Å². The Bertz CT molecular complexity index is 805. The van der Waals surface area contributed by atoms with Gasteiger partial charge in [0.2, 0.25) is 0 Å². The number of guanidine groups is 1. The van der Waals surface area contributed by atoms with Gasteiger partial charge < -0.3 is 20.4 Å². The van der Waals surface area contributed by atoms with Crippen LogP contribution in [0.5, 0.6) is 0 Å². The van der Waals surface area contributed by atoms with Gasteiger partial charge in [0.15, 0.2) is 5.96 Å². The van der Waals surface area contributed by atoms with Gasteiger partial charge in [-0.25, -0.2) is 4.98 Å². The molecule has 3 heterocycles. The van der Waals surface area contributed by atoms with Gasteiger partial charge >= 0.3 is 0 Å². The van der Waals surface area contributed by atoms with Crippen LogP contribution in [-0.4, -0.2) is 72.4 Å². The van der Waals surface area contributed by atoms with E-state index in [-0.39, 0.29) is 6.04 Å². The molecule has 8 heteroatoms. The van der Waals surface area contributed by atoms with Gasteiger partial charge in [-0.2, -0.15) is 5.10 Å². The van der Waals surface area contributed by atoms with E-state index in [0.29, 0.717) is 6.04 Å². The lowest BCUT2D eigenvalue weighted by Gasteiger charge is -2.34. The van der Waals surface area contributed by atoms with Crippen LogP contribution in [0.2, 0.25) is 0 Å². The zero-order chi connectivity index (χ0) is 20.8. The number of piperidine rings is 1. The minimum absolute atomic E-state index is 0.233. The van der Waals surface area contributed by atoms with Gasteiger partial charge in [-0.1, -0.05) is 6.07 Å². The number of anilines is 1. The summed E-state index contributed by atoms with van der Waals surface area (Å²) in [6.07, 6.45) is 6.13. The molecule has 29 heavy (non-hydrogen) atoms. The van der Waals surface area contributed by atoms with Crippen LogP contribution in [0.4, 0.5) is 5.82 Å². The van der Waals surface area contributed by atoms with Gasteiger partial charge in [-0.3, -0.25) is 9.67 Å². The minimum atomic E-state index is 0.233. The van der Waals surface area contributed by atoms with Crippen LogP contribution in [0.25, 0.3) is 0 Å². The van der Waals surface area contributed by atoms with Crippen molar-refractivity contribution in [1.29, 1.82) is 0 Å². The van der Waals surface area contributed by atoms with Crippen molar-refractivity contribution in [3.05, 3.63) is 41.9 Å². The summed E-state index contributed by atoms with van der Waals surface area (Å²) < 4.78 is 1.84. The number of aromatic nitrogens is 3. The second-order valence-electron chi connectivity index (χ2n) is 7.92. The maximum Gasteiger partial charge on any atom is 0.191 e. The zero-order valence-corrected chi connectivity index (χ0v) is 18.3. The molecule has 3 rings (SSSR count). The summed E-state index contributed by atoms with van der Waals surface area (Å²) in [4.78, 5) is 13.6. The van der Waals surface area contributed by atoms with Gasteiger partial charge in [0.25, 0.3) is 0 Å². The Balaban J connectivity index is 1.50. The molecule has 0 amide bonds. The van der Waals surface area contributed by atoms with Crippen molar-refractivity contribution in [1.82, 2.24) is 30.3 Å². The lowest BCUT2D eigenvalue weighted by molar-refractivity contribution is 0.297. The third-order valence-corrected chi connectivity index (χ3v) is 5.45. The van der Waals surface area contributed by atoms with E-state index < -0.39 is 0 Å². The molecule has 0 bridgehead atoms. The average molecular weight is 399 g/mol. The fourth-order valence-electron chi connectivity index (χ4n) is 3.75. The number of rotatable bonds is 6. The summed E-state index contributed by atoms with van der Waals surface area (Å²) >= 11 is 0. The smallest absolute Gasteiger partial charge is 0.191 e. The highest BCUT2D eigenvalue weighted by atomic mass is 15.3. The predicted molar refractivity (Wildman–Crippen MR) is 118 cm³/mol. The second-order valence-corrected chi connectivity index (χ2v) is 7.92. The highest BCUT2D eigenvalue weighted by Gasteiger charge is 2.22. The van der Waals surface area contributed by atoms with E-state index >= 15 is 0 Å². The lowest BCUT2D eigenvalue weighted by atomic mass is 10.1. The van der Waals surface area contributed by atoms with E-state index in [9.17, 15) is 0 Å². The molecule has 2 N–H and O–H groups in total. The summed E-state index contributed by atoms with van der Waals surface area (Å²) in [5.41, 5.74) is 2.26. The highest BCUT2D eigenvalue weighted by Crippen LogP contribution is 2.19. The number of pyridine rings is 1. The van der Waals surface area contributed by atoms with Crippen molar-refractivity contribution in [3.63, 3.8) is 0 Å². The first kappa shape index (κ1) is 21.1. The number of aryl methyl sites for hydroxylation is 2. The molecule has 0 radical (unpaired) electrons. The SMILES string of the molecule is CN=C(NCC(c1cnn(C)c1)N(C)C)NC1CCN(c2cccc(C)n2)CC1. The van der Waals surface area contributed by atoms with Gasteiger partial charge in [-0.15, -0.1) is 0 Å². The van der Waals surface area contributed by atoms with Gasteiger partial charge in [0.05, 0.1) is 12.2 Å². The molecule has 0 saturated carbocycles. The van der Waals surface area contributed by atoms with Crippen LogP contribution in [0.15, 0.2) is 35.6 Å². The number of likely N-dealkylation sites (N-methyl/N-ethyl adjacent to an activating group) is 1. The molecule has 1 fully saturated rings. The summed E-state index contributed by atoms with van der Waals surface area (Å²) in [6, 6.07) is 6.87. The Labute approximate surface area is 174 Å². The Kier molecular flexibility index (Phi) is 7.09. The molecule has 8 nitrogen and oxygen atoms in total. The van der Waals surface area contributed by atoms with Crippen LogP contribution in [0.1, 0.15) is 30.1 Å². The van der Waals surface area contributed by atoms with Crippen molar-refractivity contribution in [2.24, 2.45) is 12.0 Å². The molecule has 1 aliphatic rings. The molecule has 1 saturated heterocycles.